The van der Waals surface area contributed by atoms with Crippen LogP contribution in [0.5, 0.6) is 0 Å². The molecule has 0 radical (unpaired) electrons. The first-order valence-corrected chi connectivity index (χ1v) is 9.78. The van der Waals surface area contributed by atoms with Gasteiger partial charge in [0.2, 0.25) is 5.91 Å². The summed E-state index contributed by atoms with van der Waals surface area (Å²) in [4.78, 5) is 30.9. The van der Waals surface area contributed by atoms with Gasteiger partial charge in [0.25, 0.3) is 0 Å². The van der Waals surface area contributed by atoms with Crippen LogP contribution in [0.2, 0.25) is 0 Å². The van der Waals surface area contributed by atoms with E-state index < -0.39 is 0 Å². The molecule has 2 saturated heterocycles. The van der Waals surface area contributed by atoms with Gasteiger partial charge in [-0.3, -0.25) is 19.4 Å². The lowest BCUT2D eigenvalue weighted by Gasteiger charge is -2.38. The van der Waals surface area contributed by atoms with Gasteiger partial charge in [-0.1, -0.05) is 20.8 Å². The number of carbonyl (C=O) groups is 2. The average molecular weight is 354 g/mol. The molecule has 25 heavy (non-hydrogen) atoms. The molecule has 0 unspecified atom stereocenters. The highest BCUT2D eigenvalue weighted by Crippen LogP contribution is 2.21. The number of hydrogen-bond acceptors (Lipinski definition) is 5. The fourth-order valence-electron chi connectivity index (χ4n) is 4.03. The van der Waals surface area contributed by atoms with Crippen LogP contribution in [-0.4, -0.2) is 85.5 Å². The van der Waals surface area contributed by atoms with E-state index >= 15 is 0 Å². The number of esters is 1. The predicted octanol–water partition coefficient (Wildman–Crippen LogP) is 1.31. The molecule has 2 aliphatic heterocycles. The van der Waals surface area contributed by atoms with Crippen molar-refractivity contribution in [3.63, 3.8) is 0 Å². The van der Waals surface area contributed by atoms with Crippen molar-refractivity contribution in [2.75, 3.05) is 59.0 Å². The van der Waals surface area contributed by atoms with Gasteiger partial charge in [0.15, 0.2) is 0 Å². The second-order valence-corrected chi connectivity index (χ2v) is 7.97. The second-order valence-electron chi connectivity index (χ2n) is 7.97. The molecule has 2 fully saturated rings. The molecule has 0 aromatic carbocycles. The number of nitrogens with zero attached hydrogens (tertiary/aromatic N) is 3. The van der Waals surface area contributed by atoms with E-state index in [0.29, 0.717) is 25.0 Å². The Bertz CT molecular complexity index is 439. The quantitative estimate of drug-likeness (QED) is 0.674. The van der Waals surface area contributed by atoms with Crippen molar-refractivity contribution >= 4 is 11.9 Å². The highest BCUT2D eigenvalue weighted by Gasteiger charge is 2.28. The number of carbonyl (C=O) groups excluding carboxylic acids is 2. The maximum absolute atomic E-state index is 12.6. The zero-order chi connectivity index (χ0) is 18.4. The second kappa shape index (κ2) is 9.53. The Morgan fingerprint density at radius 1 is 1.04 bits per heavy atom. The Kier molecular flexibility index (Phi) is 7.69. The lowest BCUT2D eigenvalue weighted by molar-refractivity contribution is -0.148. The summed E-state index contributed by atoms with van der Waals surface area (Å²) in [6.07, 6.45) is 1.22. The molecular formula is C19H35N3O3. The summed E-state index contributed by atoms with van der Waals surface area (Å²) < 4.78 is 5.08. The Morgan fingerprint density at radius 3 is 2.16 bits per heavy atom. The first kappa shape index (κ1) is 20.2. The normalized spacial score (nSPS) is 27.1. The number of piperidine rings is 1. The van der Waals surface area contributed by atoms with Crippen molar-refractivity contribution in [1.82, 2.24) is 14.7 Å². The molecule has 0 aromatic rings. The van der Waals surface area contributed by atoms with Crippen molar-refractivity contribution in [1.29, 1.82) is 0 Å². The maximum Gasteiger partial charge on any atom is 0.309 e. The molecule has 0 spiro atoms. The lowest BCUT2D eigenvalue weighted by Crippen LogP contribution is -2.52. The van der Waals surface area contributed by atoms with Crippen LogP contribution in [0.25, 0.3) is 0 Å². The molecule has 6 heteroatoms. The third-order valence-corrected chi connectivity index (χ3v) is 5.27. The van der Waals surface area contributed by atoms with Gasteiger partial charge >= 0.3 is 5.97 Å². The summed E-state index contributed by atoms with van der Waals surface area (Å²) >= 11 is 0. The van der Waals surface area contributed by atoms with E-state index in [-0.39, 0.29) is 17.8 Å². The van der Waals surface area contributed by atoms with Gasteiger partial charge in [-0.05, 0) is 25.2 Å². The molecule has 0 aromatic heterocycles. The Balaban J connectivity index is 1.71. The van der Waals surface area contributed by atoms with Gasteiger partial charge < -0.3 is 9.64 Å². The molecule has 6 nitrogen and oxygen atoms in total. The zero-order valence-electron chi connectivity index (χ0n) is 16.4. The average Bonchev–Trinajstić information content (AvgIpc) is 2.56. The first-order chi connectivity index (χ1) is 11.9. The van der Waals surface area contributed by atoms with E-state index in [0.717, 1.165) is 45.8 Å². The Labute approximate surface area is 152 Å². The molecule has 2 aliphatic rings. The molecule has 3 atom stereocenters. The fourth-order valence-corrected chi connectivity index (χ4v) is 4.03. The molecule has 2 heterocycles. The first-order valence-electron chi connectivity index (χ1n) is 9.78. The summed E-state index contributed by atoms with van der Waals surface area (Å²) in [6, 6.07) is 0. The third kappa shape index (κ3) is 6.26. The summed E-state index contributed by atoms with van der Waals surface area (Å²) in [5.41, 5.74) is 0. The topological polar surface area (TPSA) is 53.1 Å². The van der Waals surface area contributed by atoms with Gasteiger partial charge in [0, 0.05) is 45.8 Å². The van der Waals surface area contributed by atoms with E-state index in [9.17, 15) is 9.59 Å². The van der Waals surface area contributed by atoms with Gasteiger partial charge in [0.05, 0.1) is 19.1 Å². The number of piperazine rings is 1. The van der Waals surface area contributed by atoms with Gasteiger partial charge in [-0.2, -0.15) is 0 Å². The standard InChI is InChI=1S/C19H35N3O3/c1-5-25-19(24)17(4)13-20-6-8-21(9-7-20)14-18(23)22-11-15(2)10-16(3)12-22/h15-17H,5-14H2,1-4H3/t15-,16-,17-/m1/s1. The zero-order valence-corrected chi connectivity index (χ0v) is 16.4. The van der Waals surface area contributed by atoms with Crippen LogP contribution < -0.4 is 0 Å². The van der Waals surface area contributed by atoms with Crippen LogP contribution in [-0.2, 0) is 14.3 Å². The molecule has 0 saturated carbocycles. The van der Waals surface area contributed by atoms with Crippen LogP contribution in [0.15, 0.2) is 0 Å². The van der Waals surface area contributed by atoms with Crippen LogP contribution in [0.1, 0.15) is 34.1 Å². The van der Waals surface area contributed by atoms with Crippen LogP contribution in [0.4, 0.5) is 0 Å². The number of ether oxygens (including phenoxy) is 1. The largest absolute Gasteiger partial charge is 0.466 e. The number of amides is 1. The molecule has 0 aliphatic carbocycles. The van der Waals surface area contributed by atoms with Crippen molar-refractivity contribution in [3.8, 4) is 0 Å². The number of rotatable bonds is 6. The molecular weight excluding hydrogens is 318 g/mol. The minimum atomic E-state index is -0.117. The molecule has 144 valence electrons. The van der Waals surface area contributed by atoms with Gasteiger partial charge in [0.1, 0.15) is 0 Å². The Morgan fingerprint density at radius 2 is 1.60 bits per heavy atom. The molecule has 1 amide bonds. The summed E-state index contributed by atoms with van der Waals surface area (Å²) in [7, 11) is 0. The SMILES string of the molecule is CCOC(=O)[C@H](C)CN1CCN(CC(=O)N2C[C@H](C)C[C@@H](C)C2)CC1. The van der Waals surface area contributed by atoms with Gasteiger partial charge in [-0.15, -0.1) is 0 Å². The van der Waals surface area contributed by atoms with E-state index in [2.05, 4.69) is 23.6 Å². The molecule has 0 N–H and O–H groups in total. The van der Waals surface area contributed by atoms with Crippen molar-refractivity contribution in [2.45, 2.75) is 34.1 Å². The predicted molar refractivity (Wildman–Crippen MR) is 98.2 cm³/mol. The Hall–Kier alpha value is -1.14. The summed E-state index contributed by atoms with van der Waals surface area (Å²) in [6.45, 7) is 15.3. The van der Waals surface area contributed by atoms with Crippen molar-refractivity contribution < 1.29 is 14.3 Å². The highest BCUT2D eigenvalue weighted by atomic mass is 16.5. The van der Waals surface area contributed by atoms with E-state index in [1.54, 1.807) is 0 Å². The molecule has 0 bridgehead atoms. The fraction of sp³-hybridized carbons (Fsp3) is 0.895. The van der Waals surface area contributed by atoms with E-state index in [4.69, 9.17) is 4.74 Å². The maximum atomic E-state index is 12.6. The smallest absolute Gasteiger partial charge is 0.309 e. The number of likely N-dealkylation sites (tertiary alicyclic amines) is 1. The minimum absolute atomic E-state index is 0.0931. The lowest BCUT2D eigenvalue weighted by atomic mass is 9.92. The van der Waals surface area contributed by atoms with E-state index in [1.807, 2.05) is 18.7 Å². The monoisotopic (exact) mass is 353 g/mol. The van der Waals surface area contributed by atoms with Gasteiger partial charge in [-0.25, -0.2) is 0 Å². The summed E-state index contributed by atoms with van der Waals surface area (Å²) in [5.74, 6) is 1.27. The van der Waals surface area contributed by atoms with Crippen LogP contribution in [0.3, 0.4) is 0 Å². The third-order valence-electron chi connectivity index (χ3n) is 5.27. The van der Waals surface area contributed by atoms with Crippen LogP contribution >= 0.6 is 0 Å². The molecule has 2 rings (SSSR count). The van der Waals surface area contributed by atoms with E-state index in [1.165, 1.54) is 6.42 Å². The van der Waals surface area contributed by atoms with Crippen molar-refractivity contribution in [2.24, 2.45) is 17.8 Å². The van der Waals surface area contributed by atoms with Crippen LogP contribution in [0, 0.1) is 17.8 Å². The van der Waals surface area contributed by atoms with Crippen molar-refractivity contribution in [3.05, 3.63) is 0 Å². The highest BCUT2D eigenvalue weighted by molar-refractivity contribution is 5.78. The minimum Gasteiger partial charge on any atom is -0.466 e. The summed E-state index contributed by atoms with van der Waals surface area (Å²) in [5, 5.41) is 0. The number of hydrogen-bond donors (Lipinski definition) is 0.